The minimum Gasteiger partial charge on any atom is -0.497 e. The average molecular weight is 407 g/mol. The first-order valence-corrected chi connectivity index (χ1v) is 8.52. The average Bonchev–Trinajstić information content (AvgIpc) is 2.71. The van der Waals surface area contributed by atoms with Crippen molar-refractivity contribution in [1.82, 2.24) is 5.32 Å². The third-order valence-electron chi connectivity index (χ3n) is 3.52. The SMILES string of the molecule is COc1cc(OC)cc(C(=O)NCC(=O)OCC(=O)Nc2ccccc2Cl)c1. The second kappa shape index (κ2) is 10.2. The second-order valence-corrected chi connectivity index (χ2v) is 5.88. The fourth-order valence-corrected chi connectivity index (χ4v) is 2.32. The van der Waals surface area contributed by atoms with Crippen LogP contribution in [0.2, 0.25) is 5.02 Å². The van der Waals surface area contributed by atoms with Gasteiger partial charge in [0.25, 0.3) is 11.8 Å². The van der Waals surface area contributed by atoms with Crippen molar-refractivity contribution < 1.29 is 28.6 Å². The Kier molecular flexibility index (Phi) is 7.65. The Morgan fingerprint density at radius 3 is 2.25 bits per heavy atom. The molecule has 0 aliphatic rings. The minimum atomic E-state index is -0.766. The molecule has 0 radical (unpaired) electrons. The van der Waals surface area contributed by atoms with Gasteiger partial charge in [-0.1, -0.05) is 23.7 Å². The molecule has 8 nitrogen and oxygen atoms in total. The largest absolute Gasteiger partial charge is 0.497 e. The van der Waals surface area contributed by atoms with Crippen LogP contribution < -0.4 is 20.1 Å². The number of benzene rings is 2. The van der Waals surface area contributed by atoms with Crippen molar-refractivity contribution in [1.29, 1.82) is 0 Å². The van der Waals surface area contributed by atoms with Crippen LogP contribution in [0, 0.1) is 0 Å². The normalized spacial score (nSPS) is 9.96. The molecule has 0 fully saturated rings. The smallest absolute Gasteiger partial charge is 0.325 e. The van der Waals surface area contributed by atoms with Crippen molar-refractivity contribution in [3.8, 4) is 11.5 Å². The van der Waals surface area contributed by atoms with Crippen LogP contribution in [0.5, 0.6) is 11.5 Å². The second-order valence-electron chi connectivity index (χ2n) is 5.47. The van der Waals surface area contributed by atoms with Crippen LogP contribution in [-0.4, -0.2) is 45.2 Å². The molecule has 0 unspecified atom stereocenters. The number of methoxy groups -OCH3 is 2. The van der Waals surface area contributed by atoms with E-state index in [1.165, 1.54) is 26.4 Å². The molecule has 0 aliphatic carbocycles. The van der Waals surface area contributed by atoms with Gasteiger partial charge in [0.1, 0.15) is 18.0 Å². The van der Waals surface area contributed by atoms with Crippen molar-refractivity contribution in [2.24, 2.45) is 0 Å². The number of halogens is 1. The number of hydrogen-bond donors (Lipinski definition) is 2. The quantitative estimate of drug-likeness (QED) is 0.652. The molecule has 0 bridgehead atoms. The molecule has 0 aliphatic heterocycles. The lowest BCUT2D eigenvalue weighted by molar-refractivity contribution is -0.146. The molecule has 2 N–H and O–H groups in total. The van der Waals surface area contributed by atoms with Crippen molar-refractivity contribution >= 4 is 35.1 Å². The van der Waals surface area contributed by atoms with Crippen LogP contribution in [0.25, 0.3) is 0 Å². The highest BCUT2D eigenvalue weighted by Crippen LogP contribution is 2.22. The molecule has 2 aromatic carbocycles. The van der Waals surface area contributed by atoms with Gasteiger partial charge in [0.15, 0.2) is 6.61 Å². The molecular formula is C19H19ClN2O6. The van der Waals surface area contributed by atoms with E-state index in [1.54, 1.807) is 30.3 Å². The number of carbonyl (C=O) groups is 3. The maximum atomic E-state index is 12.2. The number of carbonyl (C=O) groups excluding carboxylic acids is 3. The van der Waals surface area contributed by atoms with Gasteiger partial charge in [0.05, 0.1) is 24.9 Å². The zero-order chi connectivity index (χ0) is 20.5. The Morgan fingerprint density at radius 2 is 1.64 bits per heavy atom. The first-order valence-electron chi connectivity index (χ1n) is 8.14. The number of anilines is 1. The van der Waals surface area contributed by atoms with E-state index in [2.05, 4.69) is 10.6 Å². The Labute approximate surface area is 166 Å². The molecule has 0 spiro atoms. The molecule has 148 valence electrons. The summed E-state index contributed by atoms with van der Waals surface area (Å²) in [6.07, 6.45) is 0. The third-order valence-corrected chi connectivity index (χ3v) is 3.85. The van der Waals surface area contributed by atoms with Crippen LogP contribution in [0.3, 0.4) is 0 Å². The van der Waals surface area contributed by atoms with Crippen LogP contribution in [0.4, 0.5) is 5.69 Å². The maximum Gasteiger partial charge on any atom is 0.325 e. The summed E-state index contributed by atoms with van der Waals surface area (Å²) in [6, 6.07) is 11.3. The number of rotatable bonds is 8. The highest BCUT2D eigenvalue weighted by atomic mass is 35.5. The van der Waals surface area contributed by atoms with E-state index >= 15 is 0 Å². The highest BCUT2D eigenvalue weighted by molar-refractivity contribution is 6.33. The molecule has 2 rings (SSSR count). The molecule has 9 heteroatoms. The lowest BCUT2D eigenvalue weighted by atomic mass is 10.2. The van der Waals surface area contributed by atoms with Crippen molar-refractivity contribution in [2.75, 3.05) is 32.7 Å². The summed E-state index contributed by atoms with van der Waals surface area (Å²) in [7, 11) is 2.92. The highest BCUT2D eigenvalue weighted by Gasteiger charge is 2.13. The summed E-state index contributed by atoms with van der Waals surface area (Å²) in [5, 5.41) is 5.29. The molecule has 0 saturated carbocycles. The zero-order valence-electron chi connectivity index (χ0n) is 15.3. The molecule has 0 saturated heterocycles. The number of ether oxygens (including phenoxy) is 3. The van der Waals surface area contributed by atoms with Crippen LogP contribution in [0.1, 0.15) is 10.4 Å². The Balaban J connectivity index is 1.81. The fourth-order valence-electron chi connectivity index (χ4n) is 2.14. The van der Waals surface area contributed by atoms with Gasteiger partial charge in [-0.25, -0.2) is 0 Å². The molecular weight excluding hydrogens is 388 g/mol. The number of nitrogens with one attached hydrogen (secondary N) is 2. The standard InChI is InChI=1S/C19H19ClN2O6/c1-26-13-7-12(8-14(9-13)27-2)19(25)21-10-18(24)28-11-17(23)22-16-6-4-3-5-15(16)20/h3-9H,10-11H2,1-2H3,(H,21,25)(H,22,23). The summed E-state index contributed by atoms with van der Waals surface area (Å²) < 4.78 is 15.0. The van der Waals surface area contributed by atoms with E-state index < -0.39 is 30.9 Å². The van der Waals surface area contributed by atoms with Crippen molar-refractivity contribution in [2.45, 2.75) is 0 Å². The minimum absolute atomic E-state index is 0.250. The van der Waals surface area contributed by atoms with Gasteiger partial charge in [-0.3, -0.25) is 14.4 Å². The lowest BCUT2D eigenvalue weighted by Crippen LogP contribution is -2.32. The number of esters is 1. The molecule has 2 aromatic rings. The predicted molar refractivity (Wildman–Crippen MR) is 103 cm³/mol. The summed E-state index contributed by atoms with van der Waals surface area (Å²) >= 11 is 5.93. The molecule has 0 heterocycles. The van der Waals surface area contributed by atoms with Crippen molar-refractivity contribution in [3.63, 3.8) is 0 Å². The number of hydrogen-bond acceptors (Lipinski definition) is 6. The van der Waals surface area contributed by atoms with Gasteiger partial charge < -0.3 is 24.8 Å². The Hall–Kier alpha value is -3.26. The van der Waals surface area contributed by atoms with Crippen LogP contribution in [-0.2, 0) is 14.3 Å². The molecule has 2 amide bonds. The van der Waals surface area contributed by atoms with Gasteiger partial charge in [0.2, 0.25) is 0 Å². The summed E-state index contributed by atoms with van der Waals surface area (Å²) in [5.74, 6) is -0.968. The van der Waals surface area contributed by atoms with E-state index in [-0.39, 0.29) is 5.56 Å². The lowest BCUT2D eigenvalue weighted by Gasteiger charge is -2.10. The Bertz CT molecular complexity index is 849. The first kappa shape index (κ1) is 21.0. The summed E-state index contributed by atoms with van der Waals surface area (Å²) in [6.45, 7) is -0.912. The van der Waals surface area contributed by atoms with Gasteiger partial charge in [-0.2, -0.15) is 0 Å². The van der Waals surface area contributed by atoms with Crippen molar-refractivity contribution in [3.05, 3.63) is 53.1 Å². The third kappa shape index (κ3) is 6.17. The molecule has 28 heavy (non-hydrogen) atoms. The number of para-hydroxylation sites is 1. The predicted octanol–water partition coefficient (Wildman–Crippen LogP) is 2.27. The summed E-state index contributed by atoms with van der Waals surface area (Å²) in [4.78, 5) is 35.7. The number of amides is 2. The molecule has 0 atom stereocenters. The van der Waals surface area contributed by atoms with Crippen LogP contribution >= 0.6 is 11.6 Å². The van der Waals surface area contributed by atoms with E-state index in [0.717, 1.165) is 0 Å². The van der Waals surface area contributed by atoms with Gasteiger partial charge in [-0.05, 0) is 24.3 Å². The van der Waals surface area contributed by atoms with Gasteiger partial charge >= 0.3 is 5.97 Å². The van der Waals surface area contributed by atoms with Gasteiger partial charge in [-0.15, -0.1) is 0 Å². The topological polar surface area (TPSA) is 103 Å². The zero-order valence-corrected chi connectivity index (χ0v) is 16.0. The van der Waals surface area contributed by atoms with E-state index in [0.29, 0.717) is 22.2 Å². The van der Waals surface area contributed by atoms with E-state index in [9.17, 15) is 14.4 Å². The van der Waals surface area contributed by atoms with Gasteiger partial charge in [0, 0.05) is 11.6 Å². The summed E-state index contributed by atoms with van der Waals surface area (Å²) in [5.41, 5.74) is 0.658. The maximum absolute atomic E-state index is 12.2. The van der Waals surface area contributed by atoms with Crippen LogP contribution in [0.15, 0.2) is 42.5 Å². The van der Waals surface area contributed by atoms with E-state index in [4.69, 9.17) is 25.8 Å². The molecule has 0 aromatic heterocycles. The van der Waals surface area contributed by atoms with E-state index in [1.807, 2.05) is 0 Å². The first-order chi connectivity index (χ1) is 13.4. The monoisotopic (exact) mass is 406 g/mol. The fraction of sp³-hybridized carbons (Fsp3) is 0.211. The Morgan fingerprint density at radius 1 is 1.00 bits per heavy atom.